The van der Waals surface area contributed by atoms with Crippen LogP contribution in [-0.2, 0) is 9.59 Å². The first-order valence-electron chi connectivity index (χ1n) is 7.92. The van der Waals surface area contributed by atoms with E-state index in [9.17, 15) is 14.7 Å². The van der Waals surface area contributed by atoms with Gasteiger partial charge in [-0.1, -0.05) is 12.1 Å². The Morgan fingerprint density at radius 2 is 1.72 bits per heavy atom. The van der Waals surface area contributed by atoms with E-state index in [0.29, 0.717) is 0 Å². The monoisotopic (exact) mass is 339 g/mol. The number of carbonyl (C=O) groups excluding carboxylic acids is 2. The van der Waals surface area contributed by atoms with Crippen molar-refractivity contribution in [2.45, 2.75) is 26.7 Å². The van der Waals surface area contributed by atoms with Gasteiger partial charge in [-0.25, -0.2) is 5.43 Å². The molecule has 0 spiro atoms. The molecule has 0 atom stereocenters. The lowest BCUT2D eigenvalue weighted by Gasteiger charge is -2.09. The molecule has 0 unspecified atom stereocenters. The molecule has 0 aliphatic carbocycles. The number of aromatic hydroxyl groups is 1. The van der Waals surface area contributed by atoms with E-state index in [4.69, 9.17) is 0 Å². The van der Waals surface area contributed by atoms with Crippen LogP contribution in [0.4, 0.5) is 5.69 Å². The number of hydrogen-bond donors (Lipinski definition) is 3. The SMILES string of the molecule is Cc1ccc(C)c(NC(=O)CCC(=O)NN=Cc2ccc(O)cc2)c1. The summed E-state index contributed by atoms with van der Waals surface area (Å²) in [6.07, 6.45) is 1.59. The maximum atomic E-state index is 12.0. The summed E-state index contributed by atoms with van der Waals surface area (Å²) < 4.78 is 0. The minimum absolute atomic E-state index is 0.0453. The smallest absolute Gasteiger partial charge is 0.240 e. The van der Waals surface area contributed by atoms with Gasteiger partial charge in [-0.15, -0.1) is 0 Å². The Morgan fingerprint density at radius 1 is 1.04 bits per heavy atom. The zero-order valence-electron chi connectivity index (χ0n) is 14.2. The summed E-state index contributed by atoms with van der Waals surface area (Å²) in [5.74, 6) is -0.395. The third-order valence-corrected chi connectivity index (χ3v) is 3.54. The summed E-state index contributed by atoms with van der Waals surface area (Å²) >= 11 is 0. The van der Waals surface area contributed by atoms with E-state index in [0.717, 1.165) is 22.4 Å². The van der Waals surface area contributed by atoms with E-state index in [1.54, 1.807) is 12.1 Å². The van der Waals surface area contributed by atoms with Crippen molar-refractivity contribution in [2.75, 3.05) is 5.32 Å². The third kappa shape index (κ3) is 6.10. The first-order valence-corrected chi connectivity index (χ1v) is 7.92. The Balaban J connectivity index is 1.76. The average Bonchev–Trinajstić information content (AvgIpc) is 2.58. The molecule has 0 saturated carbocycles. The molecule has 2 amide bonds. The van der Waals surface area contributed by atoms with E-state index < -0.39 is 0 Å². The van der Waals surface area contributed by atoms with E-state index in [-0.39, 0.29) is 30.4 Å². The molecule has 3 N–H and O–H groups in total. The molecule has 130 valence electrons. The fourth-order valence-corrected chi connectivity index (χ4v) is 2.11. The lowest BCUT2D eigenvalue weighted by atomic mass is 10.1. The number of phenolic OH excluding ortho intramolecular Hbond substituents is 1. The Bertz CT molecular complexity index is 783. The highest BCUT2D eigenvalue weighted by molar-refractivity contribution is 5.94. The van der Waals surface area contributed by atoms with Crippen molar-refractivity contribution >= 4 is 23.7 Å². The molecule has 0 aliphatic heterocycles. The molecule has 0 radical (unpaired) electrons. The van der Waals surface area contributed by atoms with Crippen molar-refractivity contribution in [1.82, 2.24) is 5.43 Å². The quantitative estimate of drug-likeness (QED) is 0.558. The van der Waals surface area contributed by atoms with Gasteiger partial charge in [-0.3, -0.25) is 9.59 Å². The van der Waals surface area contributed by atoms with Gasteiger partial charge < -0.3 is 10.4 Å². The highest BCUT2D eigenvalue weighted by Crippen LogP contribution is 2.16. The minimum atomic E-state index is -0.342. The van der Waals surface area contributed by atoms with Gasteiger partial charge in [0.15, 0.2) is 0 Å². The maximum Gasteiger partial charge on any atom is 0.240 e. The molecular weight excluding hydrogens is 318 g/mol. The first kappa shape index (κ1) is 18.2. The van der Waals surface area contributed by atoms with Gasteiger partial charge in [0, 0.05) is 18.5 Å². The standard InChI is InChI=1S/C19H21N3O3/c1-13-3-4-14(2)17(11-13)21-18(24)9-10-19(25)22-20-12-15-5-7-16(23)8-6-15/h3-8,11-12,23H,9-10H2,1-2H3,(H,21,24)(H,22,25). The molecule has 0 saturated heterocycles. The molecule has 2 aromatic rings. The zero-order valence-corrected chi connectivity index (χ0v) is 14.2. The molecule has 0 aliphatic rings. The van der Waals surface area contributed by atoms with Crippen LogP contribution in [0.2, 0.25) is 0 Å². The molecule has 6 heteroatoms. The minimum Gasteiger partial charge on any atom is -0.508 e. The summed E-state index contributed by atoms with van der Waals surface area (Å²) in [4.78, 5) is 23.7. The number of aryl methyl sites for hydroxylation is 2. The van der Waals surface area contributed by atoms with Crippen molar-refractivity contribution in [3.05, 3.63) is 59.2 Å². The summed E-state index contributed by atoms with van der Waals surface area (Å²) in [5.41, 5.74) is 5.91. The molecular formula is C19H21N3O3. The Hall–Kier alpha value is -3.15. The molecule has 25 heavy (non-hydrogen) atoms. The number of hydrazone groups is 1. The van der Waals surface area contributed by atoms with E-state index >= 15 is 0 Å². The molecule has 0 fully saturated rings. The van der Waals surface area contributed by atoms with Crippen molar-refractivity contribution in [3.8, 4) is 5.75 Å². The number of hydrogen-bond acceptors (Lipinski definition) is 4. The largest absolute Gasteiger partial charge is 0.508 e. The molecule has 2 aromatic carbocycles. The third-order valence-electron chi connectivity index (χ3n) is 3.54. The fraction of sp³-hybridized carbons (Fsp3) is 0.211. The van der Waals surface area contributed by atoms with Crippen molar-refractivity contribution in [2.24, 2.45) is 5.10 Å². The number of anilines is 1. The van der Waals surface area contributed by atoms with E-state index in [2.05, 4.69) is 15.8 Å². The summed E-state index contributed by atoms with van der Waals surface area (Å²) in [6, 6.07) is 12.2. The van der Waals surface area contributed by atoms with Crippen LogP contribution in [0.3, 0.4) is 0 Å². The van der Waals surface area contributed by atoms with Gasteiger partial charge in [0.1, 0.15) is 5.75 Å². The van der Waals surface area contributed by atoms with Crippen LogP contribution in [0.5, 0.6) is 5.75 Å². The van der Waals surface area contributed by atoms with E-state index in [1.807, 2.05) is 32.0 Å². The number of nitrogens with one attached hydrogen (secondary N) is 2. The van der Waals surface area contributed by atoms with Crippen LogP contribution in [0.15, 0.2) is 47.6 Å². The van der Waals surface area contributed by atoms with Crippen LogP contribution in [-0.4, -0.2) is 23.1 Å². The van der Waals surface area contributed by atoms with Crippen molar-refractivity contribution < 1.29 is 14.7 Å². The predicted octanol–water partition coefficient (Wildman–Crippen LogP) is 2.88. The highest BCUT2D eigenvalue weighted by Gasteiger charge is 2.08. The number of carbonyl (C=O) groups is 2. The summed E-state index contributed by atoms with van der Waals surface area (Å²) in [5, 5.41) is 15.8. The van der Waals surface area contributed by atoms with Gasteiger partial charge in [0.25, 0.3) is 0 Å². The average molecular weight is 339 g/mol. The highest BCUT2D eigenvalue weighted by atomic mass is 16.3. The maximum absolute atomic E-state index is 12.0. The molecule has 0 bridgehead atoms. The van der Waals surface area contributed by atoms with Crippen LogP contribution in [0.25, 0.3) is 0 Å². The first-order chi connectivity index (χ1) is 11.9. The van der Waals surface area contributed by atoms with Gasteiger partial charge in [-0.05, 0) is 60.9 Å². The molecule has 0 aromatic heterocycles. The predicted molar refractivity (Wildman–Crippen MR) is 97.6 cm³/mol. The molecule has 6 nitrogen and oxygen atoms in total. The second-order valence-corrected chi connectivity index (χ2v) is 5.75. The summed E-state index contributed by atoms with van der Waals surface area (Å²) in [6.45, 7) is 3.87. The van der Waals surface area contributed by atoms with Gasteiger partial charge in [0.2, 0.25) is 11.8 Å². The Kier molecular flexibility index (Phi) is 6.28. The van der Waals surface area contributed by atoms with Gasteiger partial charge in [0.05, 0.1) is 6.21 Å². The van der Waals surface area contributed by atoms with Crippen LogP contribution in [0.1, 0.15) is 29.5 Å². The van der Waals surface area contributed by atoms with Gasteiger partial charge in [-0.2, -0.15) is 5.10 Å². The molecule has 0 heterocycles. The van der Waals surface area contributed by atoms with Crippen LogP contribution in [0, 0.1) is 13.8 Å². The second kappa shape index (κ2) is 8.63. The molecule has 2 rings (SSSR count). The number of phenols is 1. The fourth-order valence-electron chi connectivity index (χ4n) is 2.11. The topological polar surface area (TPSA) is 90.8 Å². The number of amides is 2. The van der Waals surface area contributed by atoms with E-state index in [1.165, 1.54) is 18.3 Å². The lowest BCUT2D eigenvalue weighted by Crippen LogP contribution is -2.20. The van der Waals surface area contributed by atoms with Crippen molar-refractivity contribution in [1.29, 1.82) is 0 Å². The Morgan fingerprint density at radius 3 is 2.44 bits per heavy atom. The number of rotatable bonds is 6. The zero-order chi connectivity index (χ0) is 18.2. The van der Waals surface area contributed by atoms with Crippen LogP contribution >= 0.6 is 0 Å². The number of benzene rings is 2. The summed E-state index contributed by atoms with van der Waals surface area (Å²) in [7, 11) is 0. The van der Waals surface area contributed by atoms with Gasteiger partial charge >= 0.3 is 0 Å². The second-order valence-electron chi connectivity index (χ2n) is 5.75. The number of nitrogens with zero attached hydrogens (tertiary/aromatic N) is 1. The lowest BCUT2D eigenvalue weighted by molar-refractivity contribution is -0.124. The van der Waals surface area contributed by atoms with Crippen LogP contribution < -0.4 is 10.7 Å². The van der Waals surface area contributed by atoms with Crippen molar-refractivity contribution in [3.63, 3.8) is 0 Å². The normalized spacial score (nSPS) is 10.6. The Labute approximate surface area is 146 Å².